The minimum atomic E-state index is -5.04. The van der Waals surface area contributed by atoms with E-state index in [2.05, 4.69) is 4.98 Å². The predicted octanol–water partition coefficient (Wildman–Crippen LogP) is 4.43. The summed E-state index contributed by atoms with van der Waals surface area (Å²) in [4.78, 5) is 28.3. The highest BCUT2D eigenvalue weighted by Gasteiger charge is 2.75. The lowest BCUT2D eigenvalue weighted by Gasteiger charge is -2.34. The monoisotopic (exact) mass is 605 g/mol. The van der Waals surface area contributed by atoms with Gasteiger partial charge in [0.1, 0.15) is 10.8 Å². The first-order valence-corrected chi connectivity index (χ1v) is 15.2. The Bertz CT molecular complexity index is 1580. The molecule has 0 radical (unpaired) electrons. The van der Waals surface area contributed by atoms with Gasteiger partial charge in [-0.05, 0) is 74.4 Å². The molecule has 0 saturated heterocycles. The number of nitrogens with two attached hydrogens (primary N) is 1. The van der Waals surface area contributed by atoms with E-state index in [1.54, 1.807) is 13.0 Å². The first kappa shape index (κ1) is 30.0. The number of carboxylic acids is 1. The summed E-state index contributed by atoms with van der Waals surface area (Å²) < 4.78 is 77.2. The molecule has 224 valence electrons. The number of alkyl halides is 3. The predicted molar refractivity (Wildman–Crippen MR) is 142 cm³/mol. The number of primary amides is 1. The van der Waals surface area contributed by atoms with Crippen molar-refractivity contribution in [1.82, 2.24) is 4.98 Å². The number of hydrogen-bond donors (Lipinski definition) is 2. The van der Waals surface area contributed by atoms with Crippen LogP contribution in [0.1, 0.15) is 56.2 Å². The number of rotatable bonds is 8. The first-order chi connectivity index (χ1) is 19.7. The van der Waals surface area contributed by atoms with Crippen LogP contribution in [0.3, 0.4) is 0 Å². The number of nitrogens with zero attached hydrogens (tertiary/aromatic N) is 2. The second kappa shape index (κ2) is 10.3. The third kappa shape index (κ3) is 4.84. The Balaban J connectivity index is 1.59. The molecule has 1 aromatic carbocycles. The van der Waals surface area contributed by atoms with Gasteiger partial charge in [0.05, 0.1) is 34.0 Å². The van der Waals surface area contributed by atoms with Crippen LogP contribution in [0.15, 0.2) is 41.4 Å². The summed E-state index contributed by atoms with van der Waals surface area (Å²) in [6.45, 7) is 1.67. The minimum absolute atomic E-state index is 0.138. The zero-order chi connectivity index (χ0) is 30.7. The number of carboxylic acid groups (broad SMARTS) is 1. The van der Waals surface area contributed by atoms with Gasteiger partial charge in [0.15, 0.2) is 9.84 Å². The Labute approximate surface area is 240 Å². The Morgan fingerprint density at radius 2 is 1.81 bits per heavy atom. The van der Waals surface area contributed by atoms with Crippen LogP contribution in [0.4, 0.5) is 13.2 Å². The number of benzene rings is 1. The number of ether oxygens (including phenoxy) is 1. The van der Waals surface area contributed by atoms with Gasteiger partial charge < -0.3 is 15.6 Å². The van der Waals surface area contributed by atoms with Gasteiger partial charge in [-0.15, -0.1) is 0 Å². The number of amides is 1. The van der Waals surface area contributed by atoms with Crippen LogP contribution >= 0.6 is 0 Å². The Morgan fingerprint density at radius 1 is 1.14 bits per heavy atom. The fraction of sp³-hybridized carbons (Fsp3) is 0.517. The van der Waals surface area contributed by atoms with Gasteiger partial charge in [0.2, 0.25) is 5.91 Å². The maximum Gasteiger partial charge on any atom is 0.417 e. The SMILES string of the molecule is Cc1cc(-c2ccc(S(=O)(=O)[C@@H]3C[C@H](OC4CCCC4)[C@@](C(=O)O)(C4CC4(C#N)C(N)=O)C3)c(C(F)(F)F)c2)ccn1. The number of sulfone groups is 1. The summed E-state index contributed by atoms with van der Waals surface area (Å²) >= 11 is 0. The number of carbonyl (C=O) groups excluding carboxylic acids is 1. The molecule has 5 atom stereocenters. The molecular weight excluding hydrogens is 575 g/mol. The molecule has 9 nitrogen and oxygen atoms in total. The molecule has 1 aromatic heterocycles. The third-order valence-electron chi connectivity index (χ3n) is 9.16. The van der Waals surface area contributed by atoms with Gasteiger partial charge in [-0.1, -0.05) is 18.9 Å². The summed E-state index contributed by atoms with van der Waals surface area (Å²) in [7, 11) is -4.78. The van der Waals surface area contributed by atoms with E-state index in [-0.39, 0.29) is 18.1 Å². The molecule has 3 saturated carbocycles. The summed E-state index contributed by atoms with van der Waals surface area (Å²) in [6, 6.07) is 7.84. The highest BCUT2D eigenvalue weighted by atomic mass is 32.2. The number of aromatic nitrogens is 1. The molecule has 42 heavy (non-hydrogen) atoms. The average molecular weight is 606 g/mol. The van der Waals surface area contributed by atoms with Gasteiger partial charge in [-0.3, -0.25) is 14.6 Å². The zero-order valence-corrected chi connectivity index (χ0v) is 23.5. The number of aryl methyl sites for hydroxylation is 1. The van der Waals surface area contributed by atoms with E-state index in [4.69, 9.17) is 10.5 Å². The fourth-order valence-electron chi connectivity index (χ4n) is 6.87. The fourth-order valence-corrected chi connectivity index (χ4v) is 8.89. The van der Waals surface area contributed by atoms with Crippen LogP contribution in [0.2, 0.25) is 0 Å². The molecule has 2 unspecified atom stereocenters. The standard InChI is InChI=1S/C29H30F3N3O6S/c1-16-10-18(8-9-35-16)17-6-7-22(21(11-17)29(30,31)32)42(39,40)20-12-24(41-19-4-2-3-5-19)28(13-20,26(37)38)23-14-27(23,15-33)25(34)36/h6-11,19-20,23-24H,2-5,12-14H2,1H3,(H2,34,36)(H,37,38)/t20-,23?,24+,27?,28+/m1/s1. The van der Waals surface area contributed by atoms with Crippen LogP contribution in [0, 0.1) is 35.0 Å². The van der Waals surface area contributed by atoms with Crippen molar-refractivity contribution in [2.24, 2.45) is 22.5 Å². The maximum atomic E-state index is 14.4. The van der Waals surface area contributed by atoms with E-state index in [0.29, 0.717) is 24.1 Å². The number of aliphatic carboxylic acids is 1. The van der Waals surface area contributed by atoms with Crippen LogP contribution in [-0.4, -0.2) is 47.8 Å². The third-order valence-corrected chi connectivity index (χ3v) is 11.4. The lowest BCUT2D eigenvalue weighted by Crippen LogP contribution is -2.46. The van der Waals surface area contributed by atoms with E-state index in [0.717, 1.165) is 25.0 Å². The summed E-state index contributed by atoms with van der Waals surface area (Å²) in [5.74, 6) is -3.63. The van der Waals surface area contributed by atoms with Crippen molar-refractivity contribution in [3.63, 3.8) is 0 Å². The second-order valence-electron chi connectivity index (χ2n) is 11.6. The van der Waals surface area contributed by atoms with Crippen LogP contribution in [-0.2, 0) is 30.3 Å². The summed E-state index contributed by atoms with van der Waals surface area (Å²) in [5.41, 5.74) is 1.40. The molecule has 2 aromatic rings. The van der Waals surface area contributed by atoms with Gasteiger partial charge in [-0.25, -0.2) is 8.42 Å². The highest BCUT2D eigenvalue weighted by molar-refractivity contribution is 7.92. The van der Waals surface area contributed by atoms with Crippen molar-refractivity contribution >= 4 is 21.7 Å². The maximum absolute atomic E-state index is 14.4. The van der Waals surface area contributed by atoms with Crippen LogP contribution in [0.25, 0.3) is 11.1 Å². The average Bonchev–Trinajstić information content (AvgIpc) is 3.24. The molecule has 3 N–H and O–H groups in total. The Morgan fingerprint density at radius 3 is 2.36 bits per heavy atom. The van der Waals surface area contributed by atoms with E-state index >= 15 is 0 Å². The van der Waals surface area contributed by atoms with Crippen molar-refractivity contribution in [3.05, 3.63) is 47.8 Å². The molecule has 3 fully saturated rings. The molecule has 0 aliphatic heterocycles. The van der Waals surface area contributed by atoms with Crippen molar-refractivity contribution in [3.8, 4) is 17.2 Å². The molecule has 0 spiro atoms. The largest absolute Gasteiger partial charge is 0.481 e. The molecule has 5 rings (SSSR count). The van der Waals surface area contributed by atoms with Gasteiger partial charge >= 0.3 is 12.1 Å². The van der Waals surface area contributed by atoms with Gasteiger partial charge in [0.25, 0.3) is 0 Å². The molecule has 0 bridgehead atoms. The molecule has 3 aliphatic rings. The number of pyridine rings is 1. The summed E-state index contributed by atoms with van der Waals surface area (Å²) in [5, 5.41) is 18.7. The van der Waals surface area contributed by atoms with Gasteiger partial charge in [-0.2, -0.15) is 18.4 Å². The quantitative estimate of drug-likeness (QED) is 0.447. The molecular formula is C29H30F3N3O6S. The topological polar surface area (TPSA) is 160 Å². The summed E-state index contributed by atoms with van der Waals surface area (Å²) in [6.07, 6.45) is -3.56. The number of carbonyl (C=O) groups is 2. The number of hydrogen-bond acceptors (Lipinski definition) is 7. The molecule has 3 aliphatic carbocycles. The first-order valence-electron chi connectivity index (χ1n) is 13.6. The lowest BCUT2D eigenvalue weighted by molar-refractivity contribution is -0.164. The number of nitriles is 1. The molecule has 13 heteroatoms. The van der Waals surface area contributed by atoms with Crippen LogP contribution in [0.5, 0.6) is 0 Å². The number of halogens is 3. The van der Waals surface area contributed by atoms with Crippen molar-refractivity contribution in [2.45, 2.75) is 80.4 Å². The Kier molecular flexibility index (Phi) is 7.38. The second-order valence-corrected chi connectivity index (χ2v) is 13.8. The van der Waals surface area contributed by atoms with Gasteiger partial charge in [0, 0.05) is 17.8 Å². The van der Waals surface area contributed by atoms with E-state index in [1.165, 1.54) is 18.3 Å². The van der Waals surface area contributed by atoms with Crippen LogP contribution < -0.4 is 5.73 Å². The van der Waals surface area contributed by atoms with E-state index in [9.17, 15) is 41.5 Å². The van der Waals surface area contributed by atoms with Crippen molar-refractivity contribution < 1.29 is 41.0 Å². The van der Waals surface area contributed by atoms with E-state index < -0.39 is 79.3 Å². The zero-order valence-electron chi connectivity index (χ0n) is 22.7. The van der Waals surface area contributed by atoms with Crippen molar-refractivity contribution in [1.29, 1.82) is 5.26 Å². The molecule has 1 amide bonds. The van der Waals surface area contributed by atoms with Crippen molar-refractivity contribution in [2.75, 3.05) is 0 Å². The highest BCUT2D eigenvalue weighted by Crippen LogP contribution is 2.67. The lowest BCUT2D eigenvalue weighted by atomic mass is 9.75. The van der Waals surface area contributed by atoms with E-state index in [1.807, 2.05) is 6.07 Å². The normalized spacial score (nSPS) is 29.7. The Hall–Kier alpha value is -3.50. The smallest absolute Gasteiger partial charge is 0.417 e. The molecule has 1 heterocycles. The minimum Gasteiger partial charge on any atom is -0.481 e.